The van der Waals surface area contributed by atoms with Crippen molar-refractivity contribution in [2.45, 2.75) is 26.4 Å². The number of anilines is 1. The number of nitrogens with one attached hydrogen (secondary N) is 1. The summed E-state index contributed by atoms with van der Waals surface area (Å²) in [6.07, 6.45) is -5.17. The van der Waals surface area contributed by atoms with Gasteiger partial charge in [0.1, 0.15) is 6.42 Å². The van der Waals surface area contributed by atoms with Gasteiger partial charge in [0.2, 0.25) is 11.8 Å². The van der Waals surface area contributed by atoms with Gasteiger partial charge in [-0.2, -0.15) is 13.2 Å². The summed E-state index contributed by atoms with van der Waals surface area (Å²) >= 11 is 5.55. The molecule has 0 aliphatic carbocycles. The lowest BCUT2D eigenvalue weighted by Gasteiger charge is -2.19. The van der Waals surface area contributed by atoms with Crippen LogP contribution in [0.1, 0.15) is 25.8 Å². The number of carbonyl (C=O) groups is 2. The highest BCUT2D eigenvalue weighted by molar-refractivity contribution is 6.30. The average molecular weight is 337 g/mol. The van der Waals surface area contributed by atoms with Crippen LogP contribution in [-0.4, -0.2) is 29.8 Å². The molecule has 0 unspecified atom stereocenters. The molecule has 0 spiro atoms. The maximum absolute atomic E-state index is 12.9. The molecule has 122 valence electrons. The summed E-state index contributed by atoms with van der Waals surface area (Å²) in [5, 5.41) is 2.02. The predicted octanol–water partition coefficient (Wildman–Crippen LogP) is 3.56. The first-order chi connectivity index (χ1) is 10.2. The fraction of sp³-hybridized carbons (Fsp3) is 0.429. The van der Waals surface area contributed by atoms with E-state index in [2.05, 4.69) is 5.32 Å². The standard InChI is InChI=1S/C14H16ClF3N2O2/c1-3-20(4-2)13(22)8-12(21)19-11-6-5-9(15)7-10(11)14(16,17)18/h5-7H,3-4,8H2,1-2H3,(H,19,21). The molecule has 0 radical (unpaired) electrons. The number of alkyl halides is 3. The quantitative estimate of drug-likeness (QED) is 0.836. The predicted molar refractivity (Wildman–Crippen MR) is 77.6 cm³/mol. The lowest BCUT2D eigenvalue weighted by molar-refractivity contribution is -0.137. The number of nitrogens with zero attached hydrogens (tertiary/aromatic N) is 1. The Hall–Kier alpha value is -1.76. The highest BCUT2D eigenvalue weighted by Gasteiger charge is 2.34. The minimum Gasteiger partial charge on any atom is -0.343 e. The second-order valence-electron chi connectivity index (χ2n) is 4.48. The molecule has 1 N–H and O–H groups in total. The van der Waals surface area contributed by atoms with Crippen LogP contribution in [0.15, 0.2) is 18.2 Å². The second-order valence-corrected chi connectivity index (χ2v) is 4.92. The van der Waals surface area contributed by atoms with E-state index in [0.29, 0.717) is 13.1 Å². The zero-order valence-corrected chi connectivity index (χ0v) is 12.9. The van der Waals surface area contributed by atoms with E-state index in [1.165, 1.54) is 11.0 Å². The molecule has 0 bridgehead atoms. The molecule has 1 aromatic rings. The molecule has 0 saturated heterocycles. The van der Waals surface area contributed by atoms with Gasteiger partial charge in [0, 0.05) is 18.1 Å². The van der Waals surface area contributed by atoms with Gasteiger partial charge in [-0.15, -0.1) is 0 Å². The zero-order valence-electron chi connectivity index (χ0n) is 12.1. The fourth-order valence-corrected chi connectivity index (χ4v) is 2.05. The van der Waals surface area contributed by atoms with Crippen molar-refractivity contribution in [1.82, 2.24) is 4.90 Å². The normalized spacial score (nSPS) is 11.2. The first-order valence-electron chi connectivity index (χ1n) is 6.63. The van der Waals surface area contributed by atoms with Crippen molar-refractivity contribution in [2.75, 3.05) is 18.4 Å². The Balaban J connectivity index is 2.87. The van der Waals surface area contributed by atoms with Crippen LogP contribution in [-0.2, 0) is 15.8 Å². The minimum absolute atomic E-state index is 0.0930. The molecular formula is C14H16ClF3N2O2. The Kier molecular flexibility index (Phi) is 6.22. The van der Waals surface area contributed by atoms with Gasteiger partial charge in [-0.05, 0) is 32.0 Å². The average Bonchev–Trinajstić information content (AvgIpc) is 2.40. The Morgan fingerprint density at radius 2 is 1.82 bits per heavy atom. The van der Waals surface area contributed by atoms with Crippen molar-refractivity contribution in [3.8, 4) is 0 Å². The number of hydrogen-bond donors (Lipinski definition) is 1. The number of benzene rings is 1. The maximum Gasteiger partial charge on any atom is 0.418 e. The molecular weight excluding hydrogens is 321 g/mol. The van der Waals surface area contributed by atoms with E-state index in [9.17, 15) is 22.8 Å². The Bertz CT molecular complexity index is 558. The summed E-state index contributed by atoms with van der Waals surface area (Å²) in [4.78, 5) is 25.0. The van der Waals surface area contributed by atoms with E-state index >= 15 is 0 Å². The number of carbonyl (C=O) groups excluding carboxylic acids is 2. The van der Waals surface area contributed by atoms with Gasteiger partial charge in [-0.3, -0.25) is 9.59 Å². The maximum atomic E-state index is 12.9. The third kappa shape index (κ3) is 4.91. The monoisotopic (exact) mass is 336 g/mol. The summed E-state index contributed by atoms with van der Waals surface area (Å²) in [5.74, 6) is -1.24. The minimum atomic E-state index is -4.66. The highest BCUT2D eigenvalue weighted by atomic mass is 35.5. The number of amides is 2. The lowest BCUT2D eigenvalue weighted by atomic mass is 10.1. The Morgan fingerprint density at radius 3 is 2.32 bits per heavy atom. The van der Waals surface area contributed by atoms with Crippen LogP contribution >= 0.6 is 11.6 Å². The van der Waals surface area contributed by atoms with Crippen LogP contribution in [0.3, 0.4) is 0 Å². The molecule has 0 fully saturated rings. The first-order valence-corrected chi connectivity index (χ1v) is 7.01. The van der Waals surface area contributed by atoms with E-state index in [1.54, 1.807) is 13.8 Å². The third-order valence-electron chi connectivity index (χ3n) is 2.99. The number of halogens is 4. The molecule has 0 aliphatic heterocycles. The van der Waals surface area contributed by atoms with Crippen molar-refractivity contribution in [3.63, 3.8) is 0 Å². The smallest absolute Gasteiger partial charge is 0.343 e. The van der Waals surface area contributed by atoms with Gasteiger partial charge in [0.25, 0.3) is 0 Å². The number of hydrogen-bond acceptors (Lipinski definition) is 2. The zero-order chi connectivity index (χ0) is 16.9. The van der Waals surface area contributed by atoms with Gasteiger partial charge >= 0.3 is 6.18 Å². The largest absolute Gasteiger partial charge is 0.418 e. The molecule has 0 heterocycles. The van der Waals surface area contributed by atoms with E-state index in [1.807, 2.05) is 0 Å². The molecule has 0 aromatic heterocycles. The summed E-state index contributed by atoms with van der Waals surface area (Å²) < 4.78 is 38.7. The van der Waals surface area contributed by atoms with Crippen LogP contribution in [0.25, 0.3) is 0 Å². The highest BCUT2D eigenvalue weighted by Crippen LogP contribution is 2.36. The van der Waals surface area contributed by atoms with E-state index in [0.717, 1.165) is 12.1 Å². The summed E-state index contributed by atoms with van der Waals surface area (Å²) in [6, 6.07) is 3.02. The van der Waals surface area contributed by atoms with E-state index in [-0.39, 0.29) is 5.02 Å². The van der Waals surface area contributed by atoms with Crippen molar-refractivity contribution < 1.29 is 22.8 Å². The lowest BCUT2D eigenvalue weighted by Crippen LogP contribution is -2.33. The molecule has 0 aliphatic rings. The van der Waals surface area contributed by atoms with Crippen LogP contribution in [0.2, 0.25) is 5.02 Å². The van der Waals surface area contributed by atoms with Crippen molar-refractivity contribution in [2.24, 2.45) is 0 Å². The molecule has 1 rings (SSSR count). The first kappa shape index (κ1) is 18.3. The van der Waals surface area contributed by atoms with Crippen LogP contribution < -0.4 is 5.32 Å². The van der Waals surface area contributed by atoms with Crippen LogP contribution in [0.4, 0.5) is 18.9 Å². The molecule has 2 amide bonds. The molecule has 0 saturated carbocycles. The van der Waals surface area contributed by atoms with Crippen LogP contribution in [0, 0.1) is 0 Å². The second kappa shape index (κ2) is 7.49. The van der Waals surface area contributed by atoms with Gasteiger partial charge in [0.05, 0.1) is 11.3 Å². The van der Waals surface area contributed by atoms with Crippen LogP contribution in [0.5, 0.6) is 0 Å². The Labute approximate surface area is 131 Å². The Morgan fingerprint density at radius 1 is 1.23 bits per heavy atom. The fourth-order valence-electron chi connectivity index (χ4n) is 1.88. The van der Waals surface area contributed by atoms with Crippen molar-refractivity contribution >= 4 is 29.1 Å². The van der Waals surface area contributed by atoms with E-state index < -0.39 is 35.7 Å². The summed E-state index contributed by atoms with van der Waals surface area (Å²) in [7, 11) is 0. The molecule has 4 nitrogen and oxygen atoms in total. The topological polar surface area (TPSA) is 49.4 Å². The summed E-state index contributed by atoms with van der Waals surface area (Å²) in [6.45, 7) is 4.36. The van der Waals surface area contributed by atoms with Gasteiger partial charge < -0.3 is 10.2 Å². The van der Waals surface area contributed by atoms with Gasteiger partial charge in [-0.1, -0.05) is 11.6 Å². The molecule has 1 aromatic carbocycles. The van der Waals surface area contributed by atoms with Crippen molar-refractivity contribution in [3.05, 3.63) is 28.8 Å². The molecule has 8 heteroatoms. The van der Waals surface area contributed by atoms with E-state index in [4.69, 9.17) is 11.6 Å². The summed E-state index contributed by atoms with van der Waals surface area (Å²) in [5.41, 5.74) is -1.47. The van der Waals surface area contributed by atoms with Crippen molar-refractivity contribution in [1.29, 1.82) is 0 Å². The molecule has 22 heavy (non-hydrogen) atoms. The SMILES string of the molecule is CCN(CC)C(=O)CC(=O)Nc1ccc(Cl)cc1C(F)(F)F. The van der Waals surface area contributed by atoms with Gasteiger partial charge in [-0.25, -0.2) is 0 Å². The number of rotatable bonds is 5. The molecule has 0 atom stereocenters. The van der Waals surface area contributed by atoms with Gasteiger partial charge in [0.15, 0.2) is 0 Å². The third-order valence-corrected chi connectivity index (χ3v) is 3.22.